The summed E-state index contributed by atoms with van der Waals surface area (Å²) in [5, 5.41) is 9.95. The number of hydrogen-bond donors (Lipinski definition) is 1. The van der Waals surface area contributed by atoms with Crippen molar-refractivity contribution in [1.29, 1.82) is 0 Å². The summed E-state index contributed by atoms with van der Waals surface area (Å²) in [6.07, 6.45) is 0.533. The van der Waals surface area contributed by atoms with Gasteiger partial charge < -0.3 is 5.11 Å². The fraction of sp³-hybridized carbons (Fsp3) is 0.636. The minimum atomic E-state index is -0.245. The third-order valence-corrected chi connectivity index (χ3v) is 3.26. The molecule has 84 valence electrons. The molecule has 1 aromatic heterocycles. The Morgan fingerprint density at radius 3 is 2.20 bits per heavy atom. The Hall–Kier alpha value is -0.610. The average Bonchev–Trinajstić information content (AvgIpc) is 2.13. The molecule has 0 aliphatic carbocycles. The molecule has 0 amide bonds. The van der Waals surface area contributed by atoms with Crippen LogP contribution >= 0.6 is 11.8 Å². The molecule has 0 bridgehead atoms. The summed E-state index contributed by atoms with van der Waals surface area (Å²) in [5.41, 5.74) is 3.25. The summed E-state index contributed by atoms with van der Waals surface area (Å²) >= 11 is 1.60. The molecular formula is C11H18N2OS. The maximum Gasteiger partial charge on any atom is 0.187 e. The zero-order chi connectivity index (χ0) is 11.4. The molecule has 0 fully saturated rings. The Morgan fingerprint density at radius 1 is 1.20 bits per heavy atom. The van der Waals surface area contributed by atoms with Crippen LogP contribution in [0.5, 0.6) is 0 Å². The van der Waals surface area contributed by atoms with Crippen LogP contribution in [0.2, 0.25) is 0 Å². The van der Waals surface area contributed by atoms with Crippen molar-refractivity contribution < 1.29 is 5.11 Å². The van der Waals surface area contributed by atoms with Crippen LogP contribution in [0.25, 0.3) is 0 Å². The van der Waals surface area contributed by atoms with E-state index in [2.05, 4.69) is 9.97 Å². The van der Waals surface area contributed by atoms with Gasteiger partial charge in [-0.3, -0.25) is 0 Å². The van der Waals surface area contributed by atoms with Crippen LogP contribution in [0.15, 0.2) is 5.16 Å². The molecule has 3 nitrogen and oxygen atoms in total. The van der Waals surface area contributed by atoms with Gasteiger partial charge in [-0.05, 0) is 39.7 Å². The van der Waals surface area contributed by atoms with Gasteiger partial charge in [-0.2, -0.15) is 0 Å². The molecule has 15 heavy (non-hydrogen) atoms. The summed E-state index contributed by atoms with van der Waals surface area (Å²) in [5.74, 6) is 0.861. The number of nitrogens with zero attached hydrogens (tertiary/aromatic N) is 2. The van der Waals surface area contributed by atoms with Gasteiger partial charge in [0.2, 0.25) is 0 Å². The fourth-order valence-corrected chi connectivity index (χ4v) is 2.17. The largest absolute Gasteiger partial charge is 0.393 e. The van der Waals surface area contributed by atoms with E-state index in [1.165, 1.54) is 0 Å². The normalized spacial score (nSPS) is 12.9. The van der Waals surface area contributed by atoms with E-state index in [4.69, 9.17) is 5.11 Å². The lowest BCUT2D eigenvalue weighted by molar-refractivity contribution is 0.192. The van der Waals surface area contributed by atoms with E-state index in [0.717, 1.165) is 34.3 Å². The monoisotopic (exact) mass is 226 g/mol. The Morgan fingerprint density at radius 2 is 1.73 bits per heavy atom. The van der Waals surface area contributed by atoms with Crippen molar-refractivity contribution in [3.05, 3.63) is 17.0 Å². The molecular weight excluding hydrogens is 208 g/mol. The average molecular weight is 226 g/mol. The van der Waals surface area contributed by atoms with Crippen LogP contribution in [0.1, 0.15) is 30.3 Å². The fourth-order valence-electron chi connectivity index (χ4n) is 1.13. The van der Waals surface area contributed by atoms with Gasteiger partial charge in [0, 0.05) is 17.1 Å². The highest BCUT2D eigenvalue weighted by Gasteiger charge is 2.05. The van der Waals surface area contributed by atoms with Crippen LogP contribution in [-0.2, 0) is 0 Å². The maximum absolute atomic E-state index is 9.13. The Bertz CT molecular complexity index is 316. The molecule has 0 aliphatic heterocycles. The van der Waals surface area contributed by atoms with Crippen molar-refractivity contribution in [3.63, 3.8) is 0 Å². The SMILES string of the molecule is Cc1nc(SCCC(C)O)nc(C)c1C. The van der Waals surface area contributed by atoms with Crippen molar-refractivity contribution in [3.8, 4) is 0 Å². The van der Waals surface area contributed by atoms with Gasteiger partial charge in [0.1, 0.15) is 0 Å². The molecule has 0 spiro atoms. The van der Waals surface area contributed by atoms with Gasteiger partial charge in [0.05, 0.1) is 6.10 Å². The molecule has 0 saturated carbocycles. The first kappa shape index (κ1) is 12.5. The van der Waals surface area contributed by atoms with Crippen LogP contribution < -0.4 is 0 Å². The number of aliphatic hydroxyl groups is 1. The predicted octanol–water partition coefficient (Wildman–Crippen LogP) is 2.26. The minimum absolute atomic E-state index is 0.245. The molecule has 0 radical (unpaired) electrons. The quantitative estimate of drug-likeness (QED) is 0.632. The highest BCUT2D eigenvalue weighted by Crippen LogP contribution is 2.18. The van der Waals surface area contributed by atoms with Gasteiger partial charge in [0.15, 0.2) is 5.16 Å². The summed E-state index contributed by atoms with van der Waals surface area (Å²) in [6, 6.07) is 0. The van der Waals surface area contributed by atoms with Crippen molar-refractivity contribution in [1.82, 2.24) is 9.97 Å². The summed E-state index contributed by atoms with van der Waals surface area (Å²) in [4.78, 5) is 8.80. The molecule has 1 N–H and O–H groups in total. The van der Waals surface area contributed by atoms with Crippen molar-refractivity contribution in [2.45, 2.75) is 45.4 Å². The molecule has 1 aromatic rings. The van der Waals surface area contributed by atoms with Crippen LogP contribution in [0, 0.1) is 20.8 Å². The third kappa shape index (κ3) is 3.80. The van der Waals surface area contributed by atoms with E-state index in [-0.39, 0.29) is 6.10 Å². The minimum Gasteiger partial charge on any atom is -0.393 e. The zero-order valence-electron chi connectivity index (χ0n) is 9.74. The Balaban J connectivity index is 2.63. The second kappa shape index (κ2) is 5.47. The molecule has 0 saturated heterocycles. The third-order valence-electron chi connectivity index (χ3n) is 2.38. The van der Waals surface area contributed by atoms with Gasteiger partial charge in [0.25, 0.3) is 0 Å². The van der Waals surface area contributed by atoms with E-state index in [1.807, 2.05) is 20.8 Å². The summed E-state index contributed by atoms with van der Waals surface area (Å²) in [6.45, 7) is 7.84. The van der Waals surface area contributed by atoms with E-state index in [9.17, 15) is 0 Å². The Kier molecular flexibility index (Phi) is 4.54. The maximum atomic E-state index is 9.13. The van der Waals surface area contributed by atoms with E-state index in [1.54, 1.807) is 18.7 Å². The lowest BCUT2D eigenvalue weighted by atomic mass is 10.2. The second-order valence-corrected chi connectivity index (χ2v) is 4.85. The van der Waals surface area contributed by atoms with Gasteiger partial charge in [-0.25, -0.2) is 9.97 Å². The van der Waals surface area contributed by atoms with Crippen LogP contribution in [0.4, 0.5) is 0 Å². The number of aromatic nitrogens is 2. The van der Waals surface area contributed by atoms with Crippen LogP contribution in [0.3, 0.4) is 0 Å². The van der Waals surface area contributed by atoms with Crippen LogP contribution in [-0.4, -0.2) is 26.9 Å². The Labute approximate surface area is 95.3 Å². The highest BCUT2D eigenvalue weighted by atomic mass is 32.2. The molecule has 1 unspecified atom stereocenters. The molecule has 1 heterocycles. The number of aliphatic hydroxyl groups excluding tert-OH is 1. The molecule has 1 atom stereocenters. The lowest BCUT2D eigenvalue weighted by Crippen LogP contribution is -2.02. The first-order chi connectivity index (χ1) is 7.00. The molecule has 4 heteroatoms. The first-order valence-corrected chi connectivity index (χ1v) is 6.12. The number of hydrogen-bond acceptors (Lipinski definition) is 4. The topological polar surface area (TPSA) is 46.0 Å². The predicted molar refractivity (Wildman–Crippen MR) is 63.3 cm³/mol. The van der Waals surface area contributed by atoms with Gasteiger partial charge in [-0.15, -0.1) is 0 Å². The number of aryl methyl sites for hydroxylation is 2. The molecule has 0 aliphatic rings. The van der Waals surface area contributed by atoms with Crippen molar-refractivity contribution in [2.24, 2.45) is 0 Å². The molecule has 1 rings (SSSR count). The first-order valence-electron chi connectivity index (χ1n) is 5.13. The lowest BCUT2D eigenvalue weighted by Gasteiger charge is -2.07. The highest BCUT2D eigenvalue weighted by molar-refractivity contribution is 7.99. The summed E-state index contributed by atoms with van der Waals surface area (Å²) < 4.78 is 0. The smallest absolute Gasteiger partial charge is 0.187 e. The number of thioether (sulfide) groups is 1. The zero-order valence-corrected chi connectivity index (χ0v) is 10.6. The van der Waals surface area contributed by atoms with E-state index >= 15 is 0 Å². The van der Waals surface area contributed by atoms with E-state index in [0.29, 0.717) is 0 Å². The summed E-state index contributed by atoms with van der Waals surface area (Å²) in [7, 11) is 0. The second-order valence-electron chi connectivity index (χ2n) is 3.79. The van der Waals surface area contributed by atoms with Crippen molar-refractivity contribution in [2.75, 3.05) is 5.75 Å². The number of rotatable bonds is 4. The molecule has 0 aromatic carbocycles. The van der Waals surface area contributed by atoms with E-state index < -0.39 is 0 Å². The van der Waals surface area contributed by atoms with Gasteiger partial charge >= 0.3 is 0 Å². The van der Waals surface area contributed by atoms with Gasteiger partial charge in [-0.1, -0.05) is 11.8 Å². The van der Waals surface area contributed by atoms with Crippen molar-refractivity contribution >= 4 is 11.8 Å². The standard InChI is InChI=1S/C11H18N2OS/c1-7(14)5-6-15-11-12-9(3)8(2)10(4)13-11/h7,14H,5-6H2,1-4H3.